The Balaban J connectivity index is 0.000000301. The van der Waals surface area contributed by atoms with Gasteiger partial charge in [0.25, 0.3) is 0 Å². The van der Waals surface area contributed by atoms with Crippen molar-refractivity contribution in [1.82, 2.24) is 4.90 Å². The van der Waals surface area contributed by atoms with Gasteiger partial charge in [-0.25, -0.2) is 0 Å². The highest BCUT2D eigenvalue weighted by atomic mass is 35.5. The number of carbonyl (C=O) groups excluding carboxylic acids is 1. The zero-order valence-corrected chi connectivity index (χ0v) is 18.9. The van der Waals surface area contributed by atoms with Gasteiger partial charge in [-0.1, -0.05) is 40.9 Å². The lowest BCUT2D eigenvalue weighted by molar-refractivity contribution is -0.112. The average Bonchev–Trinajstić information content (AvgIpc) is 2.69. The van der Waals surface area contributed by atoms with Gasteiger partial charge in [0.2, 0.25) is 0 Å². The Morgan fingerprint density at radius 1 is 1.14 bits per heavy atom. The first kappa shape index (κ1) is 25.1. The number of thiol groups is 1. The molecule has 1 aliphatic rings. The number of nitrogens with two attached hydrogens (primary N) is 2. The van der Waals surface area contributed by atoms with Gasteiger partial charge < -0.3 is 16.3 Å². The third-order valence-electron chi connectivity index (χ3n) is 4.14. The van der Waals surface area contributed by atoms with Crippen LogP contribution in [0.15, 0.2) is 41.3 Å². The molecule has 0 spiro atoms. The molecule has 1 saturated heterocycles. The van der Waals surface area contributed by atoms with Crippen LogP contribution in [0.2, 0.25) is 15.1 Å². The van der Waals surface area contributed by atoms with Gasteiger partial charge >= 0.3 is 0 Å². The molecular formula is C20H26Cl3N3OS. The molecule has 1 fully saturated rings. The normalized spacial score (nSPS) is 16.3. The van der Waals surface area contributed by atoms with Crippen molar-refractivity contribution in [3.05, 3.63) is 57.0 Å². The number of hydrogen-bond donors (Lipinski definition) is 3. The Hall–Kier alpha value is -0.950. The van der Waals surface area contributed by atoms with E-state index in [-0.39, 0.29) is 5.92 Å². The molecule has 2 aromatic carbocycles. The maximum atomic E-state index is 10.8. The molecule has 0 amide bonds. The summed E-state index contributed by atoms with van der Waals surface area (Å²) in [5.41, 5.74) is 12.2. The Morgan fingerprint density at radius 2 is 1.86 bits per heavy atom. The molecule has 0 aliphatic carbocycles. The van der Waals surface area contributed by atoms with Crippen molar-refractivity contribution < 1.29 is 4.79 Å². The molecule has 0 saturated carbocycles. The smallest absolute Gasteiger partial charge is 0.124 e. The minimum Gasteiger partial charge on any atom is -0.398 e. The molecule has 8 heteroatoms. The van der Waals surface area contributed by atoms with Crippen LogP contribution >= 0.6 is 47.4 Å². The molecule has 1 unspecified atom stereocenters. The fourth-order valence-corrected chi connectivity index (χ4v) is 3.54. The molecule has 4 N–H and O–H groups in total. The summed E-state index contributed by atoms with van der Waals surface area (Å²) in [4.78, 5) is 13.9. The van der Waals surface area contributed by atoms with Crippen LogP contribution in [0.3, 0.4) is 0 Å². The van der Waals surface area contributed by atoms with Gasteiger partial charge in [0.05, 0.1) is 10.0 Å². The number of halogens is 3. The number of nitrogens with zero attached hydrogens (tertiary/aromatic N) is 1. The lowest BCUT2D eigenvalue weighted by Crippen LogP contribution is -2.35. The molecule has 1 atom stereocenters. The summed E-state index contributed by atoms with van der Waals surface area (Å²) in [5.74, 6) is 0.178. The van der Waals surface area contributed by atoms with E-state index in [1.54, 1.807) is 24.3 Å². The summed E-state index contributed by atoms with van der Waals surface area (Å²) in [7, 11) is 1.50. The largest absolute Gasteiger partial charge is 0.398 e. The van der Waals surface area contributed by atoms with Gasteiger partial charge in [-0.05, 0) is 62.3 Å². The maximum absolute atomic E-state index is 10.8. The van der Waals surface area contributed by atoms with Crippen molar-refractivity contribution in [2.45, 2.75) is 24.3 Å². The zero-order valence-electron chi connectivity index (χ0n) is 15.7. The lowest BCUT2D eigenvalue weighted by Gasteiger charge is -2.30. The molecular weight excluding hydrogens is 437 g/mol. The molecule has 28 heavy (non-hydrogen) atoms. The summed E-state index contributed by atoms with van der Waals surface area (Å²) in [6, 6.07) is 10.8. The number of nitrogen functional groups attached to an aromatic ring is 1. The Morgan fingerprint density at radius 3 is 2.43 bits per heavy atom. The molecule has 3 rings (SSSR count). The number of benzene rings is 2. The molecule has 154 valence electrons. The van der Waals surface area contributed by atoms with Crippen molar-refractivity contribution in [3.8, 4) is 0 Å². The topological polar surface area (TPSA) is 72.3 Å². The first-order chi connectivity index (χ1) is 13.4. The molecule has 0 aromatic heterocycles. The van der Waals surface area contributed by atoms with E-state index in [0.717, 1.165) is 54.9 Å². The molecule has 0 bridgehead atoms. The second-order valence-corrected chi connectivity index (χ2v) is 7.98. The number of rotatable bonds is 3. The second kappa shape index (κ2) is 13.3. The van der Waals surface area contributed by atoms with Crippen molar-refractivity contribution in [1.29, 1.82) is 0 Å². The SMILES string of the molecule is CN.Nc1cc(Cl)ccc1CN1CCCC(C=O)C1.Sc1ccc(Cl)c(Cl)c1. The van der Waals surface area contributed by atoms with Crippen LogP contribution in [-0.2, 0) is 11.3 Å². The quantitative estimate of drug-likeness (QED) is 0.333. The predicted molar refractivity (Wildman–Crippen MR) is 124 cm³/mol. The van der Waals surface area contributed by atoms with Crippen molar-refractivity contribution in [2.75, 3.05) is 25.9 Å². The van der Waals surface area contributed by atoms with E-state index in [9.17, 15) is 4.79 Å². The third kappa shape index (κ3) is 8.60. The minimum atomic E-state index is 0.178. The average molecular weight is 463 g/mol. The number of aldehydes is 1. The molecule has 1 aliphatic heterocycles. The fraction of sp³-hybridized carbons (Fsp3) is 0.350. The standard InChI is InChI=1S/C13H17ClN2O.C6H4Cl2S.CH5N/c14-12-4-3-11(13(15)6-12)8-16-5-1-2-10(7-16)9-17;7-5-2-1-4(9)3-6(5)8;1-2/h3-4,6,9-10H,1-2,5,7-8,15H2;1-3,9H;2H2,1H3. The highest BCUT2D eigenvalue weighted by Crippen LogP contribution is 2.24. The summed E-state index contributed by atoms with van der Waals surface area (Å²) in [5, 5.41) is 1.77. The van der Waals surface area contributed by atoms with Crippen LogP contribution in [-0.4, -0.2) is 31.3 Å². The summed E-state index contributed by atoms with van der Waals surface area (Å²) >= 11 is 21.2. The van der Waals surface area contributed by atoms with E-state index >= 15 is 0 Å². The van der Waals surface area contributed by atoms with Crippen molar-refractivity contribution in [2.24, 2.45) is 11.7 Å². The van der Waals surface area contributed by atoms with Crippen LogP contribution in [0.4, 0.5) is 5.69 Å². The highest BCUT2D eigenvalue weighted by molar-refractivity contribution is 7.80. The number of anilines is 1. The summed E-state index contributed by atoms with van der Waals surface area (Å²) < 4.78 is 0. The monoisotopic (exact) mass is 461 g/mol. The Labute approximate surface area is 187 Å². The van der Waals surface area contributed by atoms with Gasteiger partial charge in [-0.3, -0.25) is 4.90 Å². The van der Waals surface area contributed by atoms with Gasteiger partial charge in [-0.15, -0.1) is 12.6 Å². The van der Waals surface area contributed by atoms with E-state index in [4.69, 9.17) is 40.5 Å². The van der Waals surface area contributed by atoms with Crippen LogP contribution < -0.4 is 11.5 Å². The molecule has 1 heterocycles. The van der Waals surface area contributed by atoms with Crippen LogP contribution in [0.25, 0.3) is 0 Å². The zero-order chi connectivity index (χ0) is 21.1. The number of likely N-dealkylation sites (tertiary alicyclic amines) is 1. The van der Waals surface area contributed by atoms with E-state index in [0.29, 0.717) is 15.1 Å². The molecule has 4 nitrogen and oxygen atoms in total. The maximum Gasteiger partial charge on any atom is 0.124 e. The summed E-state index contributed by atoms with van der Waals surface area (Å²) in [6.07, 6.45) is 3.16. The Kier molecular flexibility index (Phi) is 11.9. The van der Waals surface area contributed by atoms with Crippen LogP contribution in [0, 0.1) is 5.92 Å². The first-order valence-corrected chi connectivity index (χ1v) is 10.4. The van der Waals surface area contributed by atoms with E-state index in [2.05, 4.69) is 23.3 Å². The molecule has 0 radical (unpaired) electrons. The second-order valence-electron chi connectivity index (χ2n) is 6.22. The summed E-state index contributed by atoms with van der Waals surface area (Å²) in [6.45, 7) is 2.67. The van der Waals surface area contributed by atoms with Crippen molar-refractivity contribution >= 4 is 59.4 Å². The lowest BCUT2D eigenvalue weighted by atomic mass is 9.99. The third-order valence-corrected chi connectivity index (χ3v) is 5.39. The first-order valence-electron chi connectivity index (χ1n) is 8.82. The van der Waals surface area contributed by atoms with Gasteiger partial charge in [0.1, 0.15) is 6.29 Å². The fourth-order valence-electron chi connectivity index (χ4n) is 2.78. The van der Waals surface area contributed by atoms with E-state index in [1.807, 2.05) is 12.1 Å². The number of carbonyl (C=O) groups is 1. The van der Waals surface area contributed by atoms with E-state index < -0.39 is 0 Å². The van der Waals surface area contributed by atoms with Crippen LogP contribution in [0.1, 0.15) is 18.4 Å². The van der Waals surface area contributed by atoms with Gasteiger partial charge in [0.15, 0.2) is 0 Å². The Bertz CT molecular complexity index is 761. The number of hydrogen-bond acceptors (Lipinski definition) is 5. The van der Waals surface area contributed by atoms with E-state index in [1.165, 1.54) is 7.05 Å². The van der Waals surface area contributed by atoms with Gasteiger partial charge in [-0.2, -0.15) is 0 Å². The van der Waals surface area contributed by atoms with Crippen molar-refractivity contribution in [3.63, 3.8) is 0 Å². The molecule has 2 aromatic rings. The highest BCUT2D eigenvalue weighted by Gasteiger charge is 2.19. The minimum absolute atomic E-state index is 0.178. The predicted octanol–water partition coefficient (Wildman–Crippen LogP) is 5.19. The van der Waals surface area contributed by atoms with Crippen LogP contribution in [0.5, 0.6) is 0 Å². The van der Waals surface area contributed by atoms with Gasteiger partial charge in [0, 0.05) is 34.6 Å². The number of piperidine rings is 1.